The minimum Gasteiger partial charge on any atom is -0.342 e. The van der Waals surface area contributed by atoms with Gasteiger partial charge in [0, 0.05) is 18.3 Å². The van der Waals surface area contributed by atoms with E-state index < -0.39 is 0 Å². The predicted octanol–water partition coefficient (Wildman–Crippen LogP) is 4.65. The maximum atomic E-state index is 12.6. The van der Waals surface area contributed by atoms with Gasteiger partial charge < -0.3 is 15.2 Å². The van der Waals surface area contributed by atoms with Crippen LogP contribution in [0.2, 0.25) is 10.0 Å². The summed E-state index contributed by atoms with van der Waals surface area (Å²) in [6.07, 6.45) is 0. The zero-order valence-corrected chi connectivity index (χ0v) is 19.5. The van der Waals surface area contributed by atoms with Crippen molar-refractivity contribution in [1.82, 2.24) is 20.1 Å². The second kappa shape index (κ2) is 10.2. The summed E-state index contributed by atoms with van der Waals surface area (Å²) in [6.45, 7) is 3.73. The largest absolute Gasteiger partial charge is 0.342 e. The van der Waals surface area contributed by atoms with Crippen molar-refractivity contribution in [2.24, 2.45) is 7.05 Å². The van der Waals surface area contributed by atoms with Gasteiger partial charge in [-0.3, -0.25) is 9.59 Å². The molecular weight excluding hydrogens is 457 g/mol. The van der Waals surface area contributed by atoms with Gasteiger partial charge in [-0.15, -0.1) is 10.2 Å². The summed E-state index contributed by atoms with van der Waals surface area (Å²) in [5, 5.41) is 15.4. The van der Waals surface area contributed by atoms with Gasteiger partial charge in [-0.1, -0.05) is 53.2 Å². The molecule has 3 rings (SSSR count). The van der Waals surface area contributed by atoms with Crippen molar-refractivity contribution in [3.63, 3.8) is 0 Å². The summed E-state index contributed by atoms with van der Waals surface area (Å²) in [4.78, 5) is 24.8. The summed E-state index contributed by atoms with van der Waals surface area (Å²) in [6, 6.07) is 11.9. The Morgan fingerprint density at radius 1 is 1.13 bits per heavy atom. The Bertz CT molecular complexity index is 1120. The molecule has 0 aliphatic carbocycles. The second-order valence-corrected chi connectivity index (χ2v) is 8.63. The van der Waals surface area contributed by atoms with E-state index in [0.29, 0.717) is 32.3 Å². The molecule has 0 radical (unpaired) electrons. The molecule has 1 heterocycles. The summed E-state index contributed by atoms with van der Waals surface area (Å²) < 4.78 is 1.76. The molecule has 2 N–H and O–H groups in total. The molecule has 31 heavy (non-hydrogen) atoms. The number of nitrogens with one attached hydrogen (secondary N) is 2. The molecule has 1 aromatic heterocycles. The zero-order valence-electron chi connectivity index (χ0n) is 17.1. The number of hydrogen-bond acceptors (Lipinski definition) is 5. The molecule has 162 valence electrons. The summed E-state index contributed by atoms with van der Waals surface area (Å²) in [7, 11) is 1.80. The number of benzene rings is 2. The lowest BCUT2D eigenvalue weighted by molar-refractivity contribution is -0.113. The zero-order chi connectivity index (χ0) is 22.5. The molecule has 2 amide bonds. The van der Waals surface area contributed by atoms with Crippen molar-refractivity contribution in [1.29, 1.82) is 0 Å². The molecule has 3 aromatic rings. The van der Waals surface area contributed by atoms with Crippen LogP contribution in [0.15, 0.2) is 47.6 Å². The normalized spacial score (nSPS) is 11.8. The third kappa shape index (κ3) is 5.78. The Kier molecular flexibility index (Phi) is 7.59. The van der Waals surface area contributed by atoms with Gasteiger partial charge in [-0.25, -0.2) is 0 Å². The van der Waals surface area contributed by atoms with Gasteiger partial charge in [0.15, 0.2) is 11.0 Å². The van der Waals surface area contributed by atoms with Crippen LogP contribution in [-0.2, 0) is 11.8 Å². The molecule has 0 bridgehead atoms. The summed E-state index contributed by atoms with van der Waals surface area (Å²) >= 11 is 13.1. The molecule has 10 heteroatoms. The molecule has 0 unspecified atom stereocenters. The number of rotatable bonds is 7. The SMILES string of the molecule is Cc1ccccc1C(=O)N[C@H](C)c1nnc(SCC(=O)Nc2ccc(Cl)c(Cl)c2)n1C. The molecule has 0 saturated heterocycles. The van der Waals surface area contributed by atoms with Crippen molar-refractivity contribution in [2.45, 2.75) is 25.0 Å². The van der Waals surface area contributed by atoms with E-state index in [4.69, 9.17) is 23.2 Å². The highest BCUT2D eigenvalue weighted by molar-refractivity contribution is 7.99. The van der Waals surface area contributed by atoms with E-state index in [1.165, 1.54) is 11.8 Å². The van der Waals surface area contributed by atoms with E-state index >= 15 is 0 Å². The monoisotopic (exact) mass is 477 g/mol. The number of anilines is 1. The minimum atomic E-state index is -0.357. The number of thioether (sulfide) groups is 1. The van der Waals surface area contributed by atoms with Crippen LogP contribution >= 0.6 is 35.0 Å². The second-order valence-electron chi connectivity index (χ2n) is 6.88. The lowest BCUT2D eigenvalue weighted by Gasteiger charge is -2.14. The first-order chi connectivity index (χ1) is 14.8. The first-order valence-electron chi connectivity index (χ1n) is 9.39. The van der Waals surface area contributed by atoms with E-state index in [1.54, 1.807) is 35.9 Å². The van der Waals surface area contributed by atoms with Gasteiger partial charge in [0.05, 0.1) is 21.8 Å². The van der Waals surface area contributed by atoms with Crippen LogP contribution < -0.4 is 10.6 Å². The van der Waals surface area contributed by atoms with Gasteiger partial charge in [-0.05, 0) is 43.7 Å². The number of hydrogen-bond donors (Lipinski definition) is 2. The van der Waals surface area contributed by atoms with Gasteiger partial charge in [-0.2, -0.15) is 0 Å². The van der Waals surface area contributed by atoms with Crippen LogP contribution in [0.3, 0.4) is 0 Å². The Morgan fingerprint density at radius 2 is 1.87 bits per heavy atom. The lowest BCUT2D eigenvalue weighted by atomic mass is 10.1. The quantitative estimate of drug-likeness (QED) is 0.483. The van der Waals surface area contributed by atoms with Gasteiger partial charge in [0.2, 0.25) is 5.91 Å². The molecule has 0 spiro atoms. The smallest absolute Gasteiger partial charge is 0.252 e. The fourth-order valence-electron chi connectivity index (χ4n) is 2.90. The number of aromatic nitrogens is 3. The van der Waals surface area contributed by atoms with Crippen molar-refractivity contribution < 1.29 is 9.59 Å². The lowest BCUT2D eigenvalue weighted by Crippen LogP contribution is -2.29. The van der Waals surface area contributed by atoms with E-state index in [2.05, 4.69) is 20.8 Å². The average Bonchev–Trinajstić information content (AvgIpc) is 3.10. The first kappa shape index (κ1) is 23.1. The molecule has 0 aliphatic rings. The van der Waals surface area contributed by atoms with Gasteiger partial charge >= 0.3 is 0 Å². The van der Waals surface area contributed by atoms with Crippen LogP contribution in [0.4, 0.5) is 5.69 Å². The highest BCUT2D eigenvalue weighted by Gasteiger charge is 2.19. The number of carbonyl (C=O) groups is 2. The fourth-order valence-corrected chi connectivity index (χ4v) is 3.91. The topological polar surface area (TPSA) is 88.9 Å². The molecule has 7 nitrogen and oxygen atoms in total. The molecule has 0 fully saturated rings. The molecule has 0 saturated carbocycles. The number of aryl methyl sites for hydroxylation is 1. The predicted molar refractivity (Wildman–Crippen MR) is 124 cm³/mol. The summed E-state index contributed by atoms with van der Waals surface area (Å²) in [5.41, 5.74) is 2.07. The number of amides is 2. The average molecular weight is 478 g/mol. The number of carbonyl (C=O) groups excluding carboxylic acids is 2. The molecule has 2 aromatic carbocycles. The molecule has 0 aliphatic heterocycles. The molecule has 1 atom stereocenters. The highest BCUT2D eigenvalue weighted by Crippen LogP contribution is 2.25. The minimum absolute atomic E-state index is 0.135. The first-order valence-corrected chi connectivity index (χ1v) is 11.1. The number of halogens is 2. The molecular formula is C21H21Cl2N5O2S. The van der Waals surface area contributed by atoms with Crippen molar-refractivity contribution in [2.75, 3.05) is 11.1 Å². The Labute approximate surface area is 194 Å². The van der Waals surface area contributed by atoms with Crippen LogP contribution in [0.1, 0.15) is 34.7 Å². The Morgan fingerprint density at radius 3 is 2.58 bits per heavy atom. The van der Waals surface area contributed by atoms with E-state index in [9.17, 15) is 9.59 Å². The van der Waals surface area contributed by atoms with Crippen molar-refractivity contribution >= 4 is 52.5 Å². The Hall–Kier alpha value is -2.55. The fraction of sp³-hybridized carbons (Fsp3) is 0.238. The van der Waals surface area contributed by atoms with Crippen LogP contribution in [-0.4, -0.2) is 32.3 Å². The van der Waals surface area contributed by atoms with Crippen LogP contribution in [0.25, 0.3) is 0 Å². The van der Waals surface area contributed by atoms with E-state index in [0.717, 1.165) is 5.56 Å². The highest BCUT2D eigenvalue weighted by atomic mass is 35.5. The third-order valence-electron chi connectivity index (χ3n) is 4.53. The number of nitrogens with zero attached hydrogens (tertiary/aromatic N) is 3. The van der Waals surface area contributed by atoms with Gasteiger partial charge in [0.1, 0.15) is 0 Å². The van der Waals surface area contributed by atoms with Crippen LogP contribution in [0.5, 0.6) is 0 Å². The Balaban J connectivity index is 1.59. The van der Waals surface area contributed by atoms with E-state index in [-0.39, 0.29) is 23.6 Å². The standard InChI is InChI=1S/C21H21Cl2N5O2S/c1-12-6-4-5-7-15(12)20(30)24-13(2)19-26-27-21(28(19)3)31-11-18(29)25-14-8-9-16(22)17(23)10-14/h4-10,13H,11H2,1-3H3,(H,24,30)(H,25,29)/t13-/m1/s1. The summed E-state index contributed by atoms with van der Waals surface area (Å²) in [5.74, 6) is 0.336. The van der Waals surface area contributed by atoms with Crippen LogP contribution in [0, 0.1) is 6.92 Å². The third-order valence-corrected chi connectivity index (χ3v) is 6.29. The maximum Gasteiger partial charge on any atom is 0.252 e. The van der Waals surface area contributed by atoms with Gasteiger partial charge in [0.25, 0.3) is 5.91 Å². The maximum absolute atomic E-state index is 12.6. The van der Waals surface area contributed by atoms with E-state index in [1.807, 2.05) is 32.0 Å². The van der Waals surface area contributed by atoms with Crippen molar-refractivity contribution in [3.05, 3.63) is 69.5 Å². The van der Waals surface area contributed by atoms with Crippen molar-refractivity contribution in [3.8, 4) is 0 Å².